The summed E-state index contributed by atoms with van der Waals surface area (Å²) in [6.45, 7) is 1.98. The molecule has 6 nitrogen and oxygen atoms in total. The second kappa shape index (κ2) is 5.29. The van der Waals surface area contributed by atoms with E-state index in [0.29, 0.717) is 18.5 Å². The number of carbonyl (C=O) groups is 2. The largest absolute Gasteiger partial charge is 0.480 e. The topological polar surface area (TPSA) is 92.4 Å². The standard InChI is InChI=1S/C16H16N2O4/c1-10-3-5-11(6-4-10)12-9-13(22-18-12)14(19)17-16(15(20)21)7-2-8-16/h3-6,9H,2,7-8H2,1H3,(H,17,19)(H,20,21). The van der Waals surface area contributed by atoms with Crippen LogP contribution >= 0.6 is 0 Å². The van der Waals surface area contributed by atoms with Crippen molar-refractivity contribution < 1.29 is 19.2 Å². The van der Waals surface area contributed by atoms with E-state index in [9.17, 15) is 14.7 Å². The zero-order valence-corrected chi connectivity index (χ0v) is 12.1. The minimum absolute atomic E-state index is 0.0168. The van der Waals surface area contributed by atoms with Gasteiger partial charge in [-0.25, -0.2) is 4.79 Å². The van der Waals surface area contributed by atoms with Gasteiger partial charge in [-0.05, 0) is 26.2 Å². The van der Waals surface area contributed by atoms with Crippen LogP contribution in [0.15, 0.2) is 34.9 Å². The number of aliphatic carboxylic acids is 1. The molecule has 114 valence electrons. The summed E-state index contributed by atoms with van der Waals surface area (Å²) in [5, 5.41) is 15.6. The highest BCUT2D eigenvalue weighted by Gasteiger charge is 2.46. The number of aromatic nitrogens is 1. The van der Waals surface area contributed by atoms with E-state index in [0.717, 1.165) is 17.5 Å². The van der Waals surface area contributed by atoms with Crippen molar-refractivity contribution in [3.05, 3.63) is 41.7 Å². The van der Waals surface area contributed by atoms with E-state index in [1.54, 1.807) is 0 Å². The fourth-order valence-electron chi connectivity index (χ4n) is 2.44. The van der Waals surface area contributed by atoms with Gasteiger partial charge in [0, 0.05) is 11.6 Å². The number of rotatable bonds is 4. The molecule has 1 heterocycles. The zero-order valence-electron chi connectivity index (χ0n) is 12.1. The van der Waals surface area contributed by atoms with Crippen molar-refractivity contribution in [2.24, 2.45) is 0 Å². The molecule has 0 radical (unpaired) electrons. The monoisotopic (exact) mass is 300 g/mol. The number of benzene rings is 1. The first-order chi connectivity index (χ1) is 10.5. The maximum Gasteiger partial charge on any atom is 0.329 e. The summed E-state index contributed by atoms with van der Waals surface area (Å²) in [7, 11) is 0. The van der Waals surface area contributed by atoms with E-state index >= 15 is 0 Å². The second-order valence-corrected chi connectivity index (χ2v) is 5.64. The highest BCUT2D eigenvalue weighted by atomic mass is 16.5. The molecule has 1 saturated carbocycles. The van der Waals surface area contributed by atoms with Crippen molar-refractivity contribution in [3.8, 4) is 11.3 Å². The van der Waals surface area contributed by atoms with Crippen molar-refractivity contribution >= 4 is 11.9 Å². The summed E-state index contributed by atoms with van der Waals surface area (Å²) >= 11 is 0. The molecule has 0 bridgehead atoms. The fraction of sp³-hybridized carbons (Fsp3) is 0.312. The Balaban J connectivity index is 1.77. The van der Waals surface area contributed by atoms with Crippen molar-refractivity contribution in [1.29, 1.82) is 0 Å². The van der Waals surface area contributed by atoms with E-state index in [1.165, 1.54) is 6.07 Å². The highest BCUT2D eigenvalue weighted by molar-refractivity contribution is 5.96. The lowest BCUT2D eigenvalue weighted by molar-refractivity contribution is -0.148. The molecule has 1 fully saturated rings. The van der Waals surface area contributed by atoms with Gasteiger partial charge in [0.1, 0.15) is 11.2 Å². The highest BCUT2D eigenvalue weighted by Crippen LogP contribution is 2.32. The smallest absolute Gasteiger partial charge is 0.329 e. The van der Waals surface area contributed by atoms with Crippen LogP contribution in [0.25, 0.3) is 11.3 Å². The van der Waals surface area contributed by atoms with Gasteiger partial charge in [-0.3, -0.25) is 4.79 Å². The average Bonchev–Trinajstić information content (AvgIpc) is 2.93. The number of carboxylic acid groups (broad SMARTS) is 1. The van der Waals surface area contributed by atoms with Gasteiger partial charge in [0.05, 0.1) is 0 Å². The van der Waals surface area contributed by atoms with Crippen LogP contribution in [0.2, 0.25) is 0 Å². The van der Waals surface area contributed by atoms with E-state index in [1.807, 2.05) is 31.2 Å². The van der Waals surface area contributed by atoms with Gasteiger partial charge in [0.2, 0.25) is 5.76 Å². The number of amides is 1. The van der Waals surface area contributed by atoms with Gasteiger partial charge < -0.3 is 14.9 Å². The van der Waals surface area contributed by atoms with Gasteiger partial charge in [-0.2, -0.15) is 0 Å². The molecule has 1 aromatic heterocycles. The zero-order chi connectivity index (χ0) is 15.7. The lowest BCUT2D eigenvalue weighted by Gasteiger charge is -2.37. The molecular weight excluding hydrogens is 284 g/mol. The molecule has 0 unspecified atom stereocenters. The maximum absolute atomic E-state index is 12.1. The Hall–Kier alpha value is -2.63. The molecule has 1 aromatic carbocycles. The summed E-state index contributed by atoms with van der Waals surface area (Å²) < 4.78 is 5.05. The Bertz CT molecular complexity index is 714. The maximum atomic E-state index is 12.1. The van der Waals surface area contributed by atoms with Crippen molar-refractivity contribution in [2.45, 2.75) is 31.7 Å². The molecule has 2 N–H and O–H groups in total. The summed E-state index contributed by atoms with van der Waals surface area (Å²) in [5.74, 6) is -1.54. The van der Waals surface area contributed by atoms with Crippen LogP contribution in [0.4, 0.5) is 0 Å². The summed E-state index contributed by atoms with van der Waals surface area (Å²) in [4.78, 5) is 23.4. The first kappa shape index (κ1) is 14.3. The number of nitrogens with one attached hydrogen (secondary N) is 1. The third kappa shape index (κ3) is 2.47. The van der Waals surface area contributed by atoms with Crippen LogP contribution in [0.3, 0.4) is 0 Å². The summed E-state index contributed by atoms with van der Waals surface area (Å²) in [6, 6.07) is 9.18. The van der Waals surface area contributed by atoms with E-state index in [4.69, 9.17) is 4.52 Å². The van der Waals surface area contributed by atoms with Crippen molar-refractivity contribution in [3.63, 3.8) is 0 Å². The first-order valence-corrected chi connectivity index (χ1v) is 7.10. The predicted molar refractivity (Wildman–Crippen MR) is 78.4 cm³/mol. The molecule has 6 heteroatoms. The van der Waals surface area contributed by atoms with Gasteiger partial charge in [-0.1, -0.05) is 35.0 Å². The first-order valence-electron chi connectivity index (χ1n) is 7.10. The molecule has 1 amide bonds. The Morgan fingerprint density at radius 1 is 1.27 bits per heavy atom. The number of nitrogens with zero attached hydrogens (tertiary/aromatic N) is 1. The Kier molecular flexibility index (Phi) is 3.44. The van der Waals surface area contributed by atoms with Crippen molar-refractivity contribution in [2.75, 3.05) is 0 Å². The summed E-state index contributed by atoms with van der Waals surface area (Å²) in [6.07, 6.45) is 1.66. The second-order valence-electron chi connectivity index (χ2n) is 5.64. The molecule has 0 atom stereocenters. The van der Waals surface area contributed by atoms with E-state index < -0.39 is 17.4 Å². The molecule has 22 heavy (non-hydrogen) atoms. The fourth-order valence-corrected chi connectivity index (χ4v) is 2.44. The summed E-state index contributed by atoms with van der Waals surface area (Å²) in [5.41, 5.74) is 1.35. The minimum atomic E-state index is -1.16. The third-order valence-corrected chi connectivity index (χ3v) is 4.05. The van der Waals surface area contributed by atoms with Crippen LogP contribution in [0, 0.1) is 6.92 Å². The van der Waals surface area contributed by atoms with Gasteiger partial charge in [0.15, 0.2) is 0 Å². The molecule has 0 spiro atoms. The normalized spacial score (nSPS) is 15.9. The van der Waals surface area contributed by atoms with Crippen LogP contribution in [-0.2, 0) is 4.79 Å². The third-order valence-electron chi connectivity index (χ3n) is 4.05. The number of carbonyl (C=O) groups excluding carboxylic acids is 1. The lowest BCUT2D eigenvalue weighted by Crippen LogP contribution is -2.59. The molecule has 0 saturated heterocycles. The number of aryl methyl sites for hydroxylation is 1. The number of hydrogen-bond donors (Lipinski definition) is 2. The van der Waals surface area contributed by atoms with Gasteiger partial charge in [0.25, 0.3) is 5.91 Å². The van der Waals surface area contributed by atoms with Crippen LogP contribution in [0.1, 0.15) is 35.4 Å². The van der Waals surface area contributed by atoms with Gasteiger partial charge >= 0.3 is 5.97 Å². The van der Waals surface area contributed by atoms with Crippen molar-refractivity contribution in [1.82, 2.24) is 10.5 Å². The Labute approximate surface area is 127 Å². The van der Waals surface area contributed by atoms with Gasteiger partial charge in [-0.15, -0.1) is 0 Å². The number of hydrogen-bond acceptors (Lipinski definition) is 4. The van der Waals surface area contributed by atoms with Crippen LogP contribution < -0.4 is 5.32 Å². The molecule has 1 aliphatic rings. The number of carboxylic acids is 1. The van der Waals surface area contributed by atoms with E-state index in [2.05, 4.69) is 10.5 Å². The minimum Gasteiger partial charge on any atom is -0.480 e. The predicted octanol–water partition coefficient (Wildman–Crippen LogP) is 2.39. The molecule has 0 aliphatic heterocycles. The molecule has 3 rings (SSSR count). The SMILES string of the molecule is Cc1ccc(-c2cc(C(=O)NC3(C(=O)O)CCC3)on2)cc1. The Morgan fingerprint density at radius 2 is 1.95 bits per heavy atom. The van der Waals surface area contributed by atoms with E-state index in [-0.39, 0.29) is 5.76 Å². The van der Waals surface area contributed by atoms with Crippen LogP contribution in [-0.4, -0.2) is 27.7 Å². The quantitative estimate of drug-likeness (QED) is 0.904. The lowest BCUT2D eigenvalue weighted by atomic mass is 9.76. The average molecular weight is 300 g/mol. The Morgan fingerprint density at radius 3 is 2.50 bits per heavy atom. The molecule has 1 aliphatic carbocycles. The van der Waals surface area contributed by atoms with Crippen LogP contribution in [0.5, 0.6) is 0 Å². The molecular formula is C16H16N2O4. The molecule has 2 aromatic rings.